The molecule has 5 nitrogen and oxygen atoms in total. The number of nitrogens with one attached hydrogen (secondary N) is 1. The zero-order valence-electron chi connectivity index (χ0n) is 12.6. The Labute approximate surface area is 124 Å². The van der Waals surface area contributed by atoms with Crippen molar-refractivity contribution in [3.8, 4) is 0 Å². The predicted octanol–water partition coefficient (Wildman–Crippen LogP) is 1.32. The minimum absolute atomic E-state index is 0.0867. The van der Waals surface area contributed by atoms with Crippen LogP contribution < -0.4 is 5.32 Å². The van der Waals surface area contributed by atoms with Gasteiger partial charge in [-0.2, -0.15) is 16.9 Å². The summed E-state index contributed by atoms with van der Waals surface area (Å²) >= 11 is 1.72. The molecule has 1 aliphatic rings. The molecule has 0 bridgehead atoms. The number of carbonyl (C=O) groups is 1. The van der Waals surface area contributed by atoms with E-state index >= 15 is 0 Å². The monoisotopic (exact) mass is 297 g/mol. The first-order chi connectivity index (χ1) is 9.21. The fraction of sp³-hybridized carbons (Fsp3) is 0.714. The van der Waals surface area contributed by atoms with Gasteiger partial charge in [0.15, 0.2) is 0 Å². The highest BCUT2D eigenvalue weighted by atomic mass is 32.2. The van der Waals surface area contributed by atoms with Crippen molar-refractivity contribution in [1.82, 2.24) is 15.1 Å². The van der Waals surface area contributed by atoms with Gasteiger partial charge in [0.05, 0.1) is 11.3 Å². The molecule has 1 saturated heterocycles. The lowest BCUT2D eigenvalue weighted by Gasteiger charge is -2.21. The highest BCUT2D eigenvalue weighted by Crippen LogP contribution is 2.27. The minimum atomic E-state index is -0.758. The van der Waals surface area contributed by atoms with Crippen molar-refractivity contribution in [3.05, 3.63) is 17.5 Å². The highest BCUT2D eigenvalue weighted by Gasteiger charge is 2.32. The Hall–Kier alpha value is -1.01. The van der Waals surface area contributed by atoms with Crippen molar-refractivity contribution >= 4 is 17.7 Å². The van der Waals surface area contributed by atoms with E-state index in [0.717, 1.165) is 17.9 Å². The molecule has 112 valence electrons. The molecule has 1 unspecified atom stereocenters. The first-order valence-electron chi connectivity index (χ1n) is 6.84. The number of amides is 1. The van der Waals surface area contributed by atoms with Crippen LogP contribution in [0.2, 0.25) is 0 Å². The normalized spacial score (nSPS) is 23.1. The molecule has 0 radical (unpaired) electrons. The van der Waals surface area contributed by atoms with E-state index in [-0.39, 0.29) is 11.3 Å². The van der Waals surface area contributed by atoms with Crippen molar-refractivity contribution in [2.75, 3.05) is 18.1 Å². The van der Waals surface area contributed by atoms with Crippen LogP contribution in [-0.4, -0.2) is 44.4 Å². The molecule has 6 heteroatoms. The fourth-order valence-corrected chi connectivity index (χ4v) is 3.41. The molecule has 2 rings (SSSR count). The summed E-state index contributed by atoms with van der Waals surface area (Å²) in [6.45, 7) is 6.50. The Bertz CT molecular complexity index is 499. The summed E-state index contributed by atoms with van der Waals surface area (Å²) in [5.41, 5.74) is 0.576. The van der Waals surface area contributed by atoms with Crippen molar-refractivity contribution in [2.24, 2.45) is 7.05 Å². The van der Waals surface area contributed by atoms with Gasteiger partial charge in [-0.1, -0.05) is 20.8 Å². The van der Waals surface area contributed by atoms with Crippen LogP contribution in [0.1, 0.15) is 43.4 Å². The molecule has 0 spiro atoms. The molecule has 1 aromatic heterocycles. The van der Waals surface area contributed by atoms with E-state index in [1.807, 2.05) is 6.07 Å². The molecule has 0 saturated carbocycles. The summed E-state index contributed by atoms with van der Waals surface area (Å²) in [6.07, 6.45) is 0.733. The summed E-state index contributed by atoms with van der Waals surface area (Å²) < 4.78 is 1.60. The van der Waals surface area contributed by atoms with E-state index in [9.17, 15) is 9.90 Å². The van der Waals surface area contributed by atoms with Crippen LogP contribution in [-0.2, 0) is 12.5 Å². The molecule has 1 aromatic rings. The maximum Gasteiger partial charge on any atom is 0.269 e. The molecule has 1 fully saturated rings. The van der Waals surface area contributed by atoms with Crippen LogP contribution in [0, 0.1) is 0 Å². The van der Waals surface area contributed by atoms with Gasteiger partial charge in [0.2, 0.25) is 0 Å². The largest absolute Gasteiger partial charge is 0.387 e. The zero-order chi connectivity index (χ0) is 15.0. The fourth-order valence-electron chi connectivity index (χ4n) is 2.12. The van der Waals surface area contributed by atoms with Crippen molar-refractivity contribution < 1.29 is 9.90 Å². The second-order valence-corrected chi connectivity index (χ2v) is 7.60. The van der Waals surface area contributed by atoms with E-state index in [1.165, 1.54) is 0 Å². The first kappa shape index (κ1) is 15.4. The smallest absolute Gasteiger partial charge is 0.269 e. The number of aliphatic hydroxyl groups is 1. The van der Waals surface area contributed by atoms with Gasteiger partial charge in [0.1, 0.15) is 5.69 Å². The quantitative estimate of drug-likeness (QED) is 0.883. The third-order valence-electron chi connectivity index (χ3n) is 3.54. The Morgan fingerprint density at radius 1 is 1.60 bits per heavy atom. The topological polar surface area (TPSA) is 67.2 Å². The molecular weight excluding hydrogens is 274 g/mol. The van der Waals surface area contributed by atoms with E-state index < -0.39 is 5.60 Å². The molecule has 1 aliphatic heterocycles. The third kappa shape index (κ3) is 3.35. The number of carbonyl (C=O) groups excluding carboxylic acids is 1. The van der Waals surface area contributed by atoms with E-state index in [2.05, 4.69) is 31.2 Å². The van der Waals surface area contributed by atoms with Gasteiger partial charge >= 0.3 is 0 Å². The van der Waals surface area contributed by atoms with Gasteiger partial charge in [-0.15, -0.1) is 0 Å². The van der Waals surface area contributed by atoms with Gasteiger partial charge in [-0.25, -0.2) is 0 Å². The average molecular weight is 297 g/mol. The minimum Gasteiger partial charge on any atom is -0.387 e. The Kier molecular flexibility index (Phi) is 4.16. The number of nitrogens with zero attached hydrogens (tertiary/aromatic N) is 2. The van der Waals surface area contributed by atoms with Crippen molar-refractivity contribution in [1.29, 1.82) is 0 Å². The zero-order valence-corrected chi connectivity index (χ0v) is 13.4. The second-order valence-electron chi connectivity index (χ2n) is 6.50. The number of thioether (sulfide) groups is 1. The molecule has 0 aliphatic carbocycles. The molecule has 20 heavy (non-hydrogen) atoms. The number of hydrogen-bond donors (Lipinski definition) is 2. The summed E-state index contributed by atoms with van der Waals surface area (Å²) in [5.74, 6) is 1.46. The molecule has 0 aromatic carbocycles. The van der Waals surface area contributed by atoms with E-state index in [0.29, 0.717) is 18.0 Å². The first-order valence-corrected chi connectivity index (χ1v) is 8.00. The SMILES string of the molecule is Cn1nc(C(C)(C)C)cc1C(=O)NCC1(O)CCSC1. The van der Waals surface area contributed by atoms with E-state index in [1.54, 1.807) is 23.5 Å². The summed E-state index contributed by atoms with van der Waals surface area (Å²) in [6, 6.07) is 1.82. The Balaban J connectivity index is 2.04. The molecule has 1 amide bonds. The average Bonchev–Trinajstić information content (AvgIpc) is 2.93. The van der Waals surface area contributed by atoms with Crippen LogP contribution in [0.25, 0.3) is 0 Å². The second kappa shape index (κ2) is 5.41. The summed E-state index contributed by atoms with van der Waals surface area (Å²) in [4.78, 5) is 12.2. The Morgan fingerprint density at radius 3 is 2.80 bits per heavy atom. The van der Waals surface area contributed by atoms with Crippen LogP contribution in [0.3, 0.4) is 0 Å². The lowest BCUT2D eigenvalue weighted by atomic mass is 9.92. The van der Waals surface area contributed by atoms with Gasteiger partial charge < -0.3 is 10.4 Å². The number of hydrogen-bond acceptors (Lipinski definition) is 4. The highest BCUT2D eigenvalue weighted by molar-refractivity contribution is 7.99. The molecule has 2 N–H and O–H groups in total. The van der Waals surface area contributed by atoms with Gasteiger partial charge in [-0.05, 0) is 18.2 Å². The lowest BCUT2D eigenvalue weighted by molar-refractivity contribution is 0.0609. The number of rotatable bonds is 3. The maximum absolute atomic E-state index is 12.2. The van der Waals surface area contributed by atoms with Crippen LogP contribution >= 0.6 is 11.8 Å². The lowest BCUT2D eigenvalue weighted by Crippen LogP contribution is -2.43. The Morgan fingerprint density at radius 2 is 2.30 bits per heavy atom. The van der Waals surface area contributed by atoms with E-state index in [4.69, 9.17) is 0 Å². The summed E-state index contributed by atoms with van der Waals surface area (Å²) in [7, 11) is 1.77. The number of aryl methyl sites for hydroxylation is 1. The van der Waals surface area contributed by atoms with Gasteiger partial charge in [-0.3, -0.25) is 9.48 Å². The molecular formula is C14H23N3O2S. The summed E-state index contributed by atoms with van der Waals surface area (Å²) in [5, 5.41) is 17.4. The number of aromatic nitrogens is 2. The van der Waals surface area contributed by atoms with Crippen molar-refractivity contribution in [3.63, 3.8) is 0 Å². The maximum atomic E-state index is 12.2. The predicted molar refractivity (Wildman–Crippen MR) is 81.1 cm³/mol. The van der Waals surface area contributed by atoms with Gasteiger partial charge in [0, 0.05) is 24.8 Å². The van der Waals surface area contributed by atoms with Gasteiger partial charge in [0.25, 0.3) is 5.91 Å². The van der Waals surface area contributed by atoms with Crippen LogP contribution in [0.4, 0.5) is 0 Å². The van der Waals surface area contributed by atoms with Crippen molar-refractivity contribution in [2.45, 2.75) is 38.2 Å². The van der Waals surface area contributed by atoms with Crippen LogP contribution in [0.5, 0.6) is 0 Å². The molecule has 2 heterocycles. The molecule has 1 atom stereocenters. The third-order valence-corrected chi connectivity index (χ3v) is 4.78. The van der Waals surface area contributed by atoms with Crippen LogP contribution in [0.15, 0.2) is 6.07 Å². The standard InChI is InChI=1S/C14H23N3O2S/c1-13(2,3)11-7-10(17(4)16-11)12(18)15-8-14(19)5-6-20-9-14/h7,19H,5-6,8-9H2,1-4H3,(H,15,18).